The first-order valence-corrected chi connectivity index (χ1v) is 8.28. The number of phenols is 2. The molecule has 2 aromatic carbocycles. The first-order valence-electron chi connectivity index (χ1n) is 6.66. The minimum Gasteiger partial charge on any atom is -0.508 e. The average molecular weight is 340 g/mol. The first kappa shape index (κ1) is 17.5. The molecule has 1 atom stereocenters. The van der Waals surface area contributed by atoms with Crippen LogP contribution in [0.15, 0.2) is 42.5 Å². The van der Waals surface area contributed by atoms with Crippen molar-refractivity contribution >= 4 is 12.9 Å². The lowest BCUT2D eigenvalue weighted by Gasteiger charge is -2.31. The molecule has 0 aliphatic carbocycles. The summed E-state index contributed by atoms with van der Waals surface area (Å²) in [6.45, 7) is 1.44. The van der Waals surface area contributed by atoms with Gasteiger partial charge in [0.2, 0.25) is 0 Å². The van der Waals surface area contributed by atoms with Crippen LogP contribution >= 0.6 is 7.60 Å². The third kappa shape index (κ3) is 3.55. The number of aromatic hydroxyl groups is 2. The number of benzene rings is 2. The van der Waals surface area contributed by atoms with E-state index in [0.717, 1.165) is 18.2 Å². The number of hydrogen-bond donors (Lipinski definition) is 6. The molecule has 0 saturated carbocycles. The lowest BCUT2D eigenvalue weighted by Crippen LogP contribution is -2.36. The number of aliphatic hydroxyl groups is 2. The predicted molar refractivity (Wildman–Crippen MR) is 82.4 cm³/mol. The number of hydrogen-bond acceptors (Lipinski definition) is 5. The SMILES string of the molecule is CC(c1cccc(O)c1)C(O)(O)c1ccc(O)cc1P(=O)(O)O. The van der Waals surface area contributed by atoms with Crippen LogP contribution in [0.2, 0.25) is 0 Å². The number of rotatable bonds is 4. The Morgan fingerprint density at radius 1 is 1.00 bits per heavy atom. The highest BCUT2D eigenvalue weighted by atomic mass is 31.2. The summed E-state index contributed by atoms with van der Waals surface area (Å²) in [6, 6.07) is 8.74. The first-order chi connectivity index (χ1) is 10.5. The van der Waals surface area contributed by atoms with Crippen LogP contribution in [0.3, 0.4) is 0 Å². The van der Waals surface area contributed by atoms with Gasteiger partial charge in [-0.1, -0.05) is 19.1 Å². The summed E-state index contributed by atoms with van der Waals surface area (Å²) in [4.78, 5) is 18.8. The van der Waals surface area contributed by atoms with Crippen LogP contribution in [0, 0.1) is 0 Å². The van der Waals surface area contributed by atoms with E-state index in [-0.39, 0.29) is 5.75 Å². The van der Waals surface area contributed by atoms with Gasteiger partial charge < -0.3 is 30.2 Å². The van der Waals surface area contributed by atoms with Crippen molar-refractivity contribution in [1.29, 1.82) is 0 Å². The normalized spacial score (nSPS) is 13.8. The van der Waals surface area contributed by atoms with E-state index in [9.17, 15) is 34.8 Å². The fourth-order valence-electron chi connectivity index (χ4n) is 2.33. The van der Waals surface area contributed by atoms with E-state index < -0.39 is 35.9 Å². The van der Waals surface area contributed by atoms with Crippen molar-refractivity contribution in [2.24, 2.45) is 0 Å². The van der Waals surface area contributed by atoms with Gasteiger partial charge in [0.25, 0.3) is 0 Å². The highest BCUT2D eigenvalue weighted by molar-refractivity contribution is 7.60. The molecule has 8 heteroatoms. The molecule has 0 aliphatic rings. The molecule has 0 amide bonds. The fraction of sp³-hybridized carbons (Fsp3) is 0.200. The Bertz CT molecular complexity index is 766. The smallest absolute Gasteiger partial charge is 0.356 e. The van der Waals surface area contributed by atoms with Crippen molar-refractivity contribution in [3.05, 3.63) is 53.6 Å². The topological polar surface area (TPSA) is 138 Å². The Hall–Kier alpha value is -1.89. The van der Waals surface area contributed by atoms with Gasteiger partial charge in [0.1, 0.15) is 11.5 Å². The van der Waals surface area contributed by atoms with Gasteiger partial charge in [-0.25, -0.2) is 0 Å². The van der Waals surface area contributed by atoms with Crippen molar-refractivity contribution in [3.8, 4) is 11.5 Å². The minimum absolute atomic E-state index is 0.0777. The van der Waals surface area contributed by atoms with Crippen LogP contribution in [0.25, 0.3) is 0 Å². The quantitative estimate of drug-likeness (QED) is 0.358. The van der Waals surface area contributed by atoms with E-state index in [2.05, 4.69) is 0 Å². The lowest BCUT2D eigenvalue weighted by atomic mass is 9.87. The molecule has 0 spiro atoms. The molecule has 0 fully saturated rings. The lowest BCUT2D eigenvalue weighted by molar-refractivity contribution is -0.184. The van der Waals surface area contributed by atoms with E-state index in [4.69, 9.17) is 0 Å². The zero-order chi connectivity index (χ0) is 17.4. The predicted octanol–water partition coefficient (Wildman–Crippen LogP) is 0.842. The largest absolute Gasteiger partial charge is 0.508 e. The van der Waals surface area contributed by atoms with Crippen molar-refractivity contribution in [2.45, 2.75) is 18.6 Å². The minimum atomic E-state index is -4.85. The highest BCUT2D eigenvalue weighted by Crippen LogP contribution is 2.42. The Balaban J connectivity index is 2.57. The van der Waals surface area contributed by atoms with Crippen LogP contribution in [0.5, 0.6) is 11.5 Å². The van der Waals surface area contributed by atoms with Crippen LogP contribution < -0.4 is 5.30 Å². The molecular formula is C15H17O7P. The number of phenolic OH excluding ortho intramolecular Hbond substituents is 2. The molecule has 0 saturated heterocycles. The molecule has 2 aromatic rings. The zero-order valence-electron chi connectivity index (χ0n) is 12.2. The molecule has 0 aromatic heterocycles. The maximum Gasteiger partial charge on any atom is 0.356 e. The second kappa shape index (κ2) is 5.96. The second-order valence-corrected chi connectivity index (χ2v) is 6.86. The van der Waals surface area contributed by atoms with Crippen molar-refractivity contribution in [1.82, 2.24) is 0 Å². The summed E-state index contributed by atoms with van der Waals surface area (Å²) in [7, 11) is -4.85. The molecule has 0 aliphatic heterocycles. The zero-order valence-corrected chi connectivity index (χ0v) is 13.1. The van der Waals surface area contributed by atoms with Gasteiger partial charge in [0.05, 0.1) is 5.30 Å². The summed E-state index contributed by atoms with van der Waals surface area (Å²) < 4.78 is 11.6. The van der Waals surface area contributed by atoms with Gasteiger partial charge in [-0.05, 0) is 35.9 Å². The molecule has 1 unspecified atom stereocenters. The van der Waals surface area contributed by atoms with Gasteiger partial charge >= 0.3 is 7.60 Å². The molecule has 0 heterocycles. The molecule has 23 heavy (non-hydrogen) atoms. The van der Waals surface area contributed by atoms with Gasteiger partial charge in [-0.15, -0.1) is 0 Å². The molecule has 0 radical (unpaired) electrons. The monoisotopic (exact) mass is 340 g/mol. The molecule has 124 valence electrons. The summed E-state index contributed by atoms with van der Waals surface area (Å²) in [5.41, 5.74) is -0.0563. The summed E-state index contributed by atoms with van der Waals surface area (Å²) in [6.07, 6.45) is 0. The highest BCUT2D eigenvalue weighted by Gasteiger charge is 2.40. The van der Waals surface area contributed by atoms with E-state index >= 15 is 0 Å². The van der Waals surface area contributed by atoms with Gasteiger partial charge in [0.15, 0.2) is 5.79 Å². The van der Waals surface area contributed by atoms with Crippen molar-refractivity contribution < 1.29 is 34.8 Å². The van der Waals surface area contributed by atoms with Crippen molar-refractivity contribution in [3.63, 3.8) is 0 Å². The molecule has 6 N–H and O–H groups in total. The maximum atomic E-state index is 11.6. The van der Waals surface area contributed by atoms with Gasteiger partial charge in [-0.2, -0.15) is 0 Å². The molecule has 2 rings (SSSR count). The second-order valence-electron chi connectivity index (χ2n) is 5.29. The molecule has 7 nitrogen and oxygen atoms in total. The van der Waals surface area contributed by atoms with Crippen LogP contribution in [-0.2, 0) is 10.4 Å². The van der Waals surface area contributed by atoms with Gasteiger partial charge in [0, 0.05) is 11.5 Å². The van der Waals surface area contributed by atoms with Crippen LogP contribution in [0.4, 0.5) is 0 Å². The van der Waals surface area contributed by atoms with E-state index in [1.807, 2.05) is 0 Å². The van der Waals surface area contributed by atoms with Gasteiger partial charge in [-0.3, -0.25) is 4.57 Å². The maximum absolute atomic E-state index is 11.6. The Labute approximate surface area is 132 Å². The standard InChI is InChI=1S/C15H17O7P/c1-9(10-3-2-4-11(16)7-10)15(18,19)13-6-5-12(17)8-14(13)23(20,21)22/h2-9,16-19H,1H3,(H2,20,21,22). The molecule has 0 bridgehead atoms. The summed E-state index contributed by atoms with van der Waals surface area (Å²) >= 11 is 0. The average Bonchev–Trinajstić information content (AvgIpc) is 2.45. The Morgan fingerprint density at radius 3 is 2.17 bits per heavy atom. The molecular weight excluding hydrogens is 323 g/mol. The summed E-state index contributed by atoms with van der Waals surface area (Å²) in [5.74, 6) is -4.12. The van der Waals surface area contributed by atoms with E-state index in [0.29, 0.717) is 5.56 Å². The summed E-state index contributed by atoms with van der Waals surface area (Å²) in [5, 5.41) is 39.2. The van der Waals surface area contributed by atoms with Crippen molar-refractivity contribution in [2.75, 3.05) is 0 Å². The third-order valence-corrected chi connectivity index (χ3v) is 4.66. The fourth-order valence-corrected chi connectivity index (χ4v) is 3.19. The third-order valence-electron chi connectivity index (χ3n) is 3.67. The van der Waals surface area contributed by atoms with Crippen LogP contribution in [-0.4, -0.2) is 30.2 Å². The Morgan fingerprint density at radius 2 is 1.61 bits per heavy atom. The van der Waals surface area contributed by atoms with E-state index in [1.165, 1.54) is 25.1 Å². The Kier molecular flexibility index (Phi) is 4.52. The van der Waals surface area contributed by atoms with E-state index in [1.54, 1.807) is 6.07 Å². The van der Waals surface area contributed by atoms with Crippen LogP contribution in [0.1, 0.15) is 24.0 Å².